The first-order valence-corrected chi connectivity index (χ1v) is 6.97. The lowest BCUT2D eigenvalue weighted by Crippen LogP contribution is -2.14. The quantitative estimate of drug-likeness (QED) is 0.256. The Morgan fingerprint density at radius 3 is 2.81 bits per heavy atom. The monoisotopic (exact) mass is 253 g/mol. The fraction of sp³-hybridized carbons (Fsp3) is 0.111. The van der Waals surface area contributed by atoms with Crippen molar-refractivity contribution >= 4 is 25.5 Å². The van der Waals surface area contributed by atoms with Gasteiger partial charge in [0.1, 0.15) is 0 Å². The van der Waals surface area contributed by atoms with E-state index in [1.54, 1.807) is 12.1 Å². The van der Waals surface area contributed by atoms with E-state index in [9.17, 15) is 8.42 Å². The Morgan fingerprint density at radius 1 is 1.56 bits per heavy atom. The summed E-state index contributed by atoms with van der Waals surface area (Å²) in [5.41, 5.74) is 8.90. The number of sulfonamides is 1. The second-order valence-corrected chi connectivity index (χ2v) is 5.82. The lowest BCUT2D eigenvalue weighted by molar-refractivity contribution is 0.596. The smallest absolute Gasteiger partial charge is 0.216 e. The molecule has 0 saturated carbocycles. The summed E-state index contributed by atoms with van der Waals surface area (Å²) in [7, 11) is -3.17. The van der Waals surface area contributed by atoms with Crippen LogP contribution in [0.2, 0.25) is 0 Å². The molecule has 0 aliphatic carbocycles. The van der Waals surface area contributed by atoms with E-state index in [4.69, 9.17) is 5.53 Å². The van der Waals surface area contributed by atoms with Gasteiger partial charge in [0.05, 0.1) is 4.90 Å². The topological polar surface area (TPSA) is 82.9 Å². The number of benzene rings is 1. The molecule has 7 heteroatoms. The molecule has 0 bridgehead atoms. The van der Waals surface area contributed by atoms with Crippen molar-refractivity contribution in [1.29, 1.82) is 0 Å². The zero-order valence-electron chi connectivity index (χ0n) is 8.79. The fourth-order valence-electron chi connectivity index (χ4n) is 1.42. The molecule has 0 aromatic heterocycles. The zero-order chi connectivity index (χ0) is 12.2. The molecule has 0 spiro atoms. The van der Waals surface area contributed by atoms with Crippen LogP contribution in [0, 0.1) is 0 Å². The predicted octanol–water partition coefficient (Wildman–Crippen LogP) is 0.405. The van der Waals surface area contributed by atoms with Crippen LogP contribution in [0.15, 0.2) is 40.3 Å². The summed E-state index contributed by atoms with van der Waals surface area (Å²) in [4.78, 5) is 2.42. The third-order valence-electron chi connectivity index (χ3n) is 2.14. The maximum atomic E-state index is 11.6. The minimum Gasteiger partial charge on any atom is -0.216 e. The molecular formula is C9H11N3O2SSi. The molecule has 0 aliphatic heterocycles. The van der Waals surface area contributed by atoms with E-state index >= 15 is 0 Å². The van der Waals surface area contributed by atoms with Crippen LogP contribution < -0.4 is 5.19 Å². The van der Waals surface area contributed by atoms with Gasteiger partial charge in [-0.05, 0) is 23.6 Å². The van der Waals surface area contributed by atoms with E-state index in [-0.39, 0.29) is 4.90 Å². The molecule has 84 valence electrons. The van der Waals surface area contributed by atoms with Crippen molar-refractivity contribution in [1.82, 2.24) is 0 Å². The minimum atomic E-state index is -3.90. The van der Waals surface area contributed by atoms with Crippen LogP contribution in [0.1, 0.15) is 5.56 Å². The number of allylic oxidation sites excluding steroid dienone is 1. The highest BCUT2D eigenvalue weighted by Crippen LogP contribution is 2.17. The van der Waals surface area contributed by atoms with Gasteiger partial charge < -0.3 is 0 Å². The van der Waals surface area contributed by atoms with Crippen molar-refractivity contribution in [3.63, 3.8) is 0 Å². The molecule has 0 N–H and O–H groups in total. The standard InChI is InChI=1S/C9H11N3O2SSi/c1-2-4-7-8(5-3-6-9(7)16)15(13,14)12-11-10/h2-3,5-6H,1,4H2,16H3. The van der Waals surface area contributed by atoms with Crippen LogP contribution in [0.5, 0.6) is 0 Å². The first-order valence-electron chi connectivity index (χ1n) is 4.53. The average Bonchev–Trinajstić information content (AvgIpc) is 2.21. The van der Waals surface area contributed by atoms with Crippen molar-refractivity contribution in [3.8, 4) is 0 Å². The number of azide groups is 1. The molecule has 0 heterocycles. The summed E-state index contributed by atoms with van der Waals surface area (Å²) in [5.74, 6) is 0. The SMILES string of the molecule is C=CCc1c([SiH3])cccc1S(=O)(=O)N=[N+]=[N-]. The molecule has 1 rings (SSSR count). The molecule has 0 aliphatic rings. The van der Waals surface area contributed by atoms with Crippen molar-refractivity contribution < 1.29 is 8.42 Å². The van der Waals surface area contributed by atoms with Gasteiger partial charge in [-0.2, -0.15) is 0 Å². The van der Waals surface area contributed by atoms with Crippen LogP contribution >= 0.6 is 0 Å². The second-order valence-electron chi connectivity index (χ2n) is 3.19. The van der Waals surface area contributed by atoms with Gasteiger partial charge in [-0.1, -0.05) is 23.4 Å². The fourth-order valence-corrected chi connectivity index (χ4v) is 3.25. The predicted molar refractivity (Wildman–Crippen MR) is 66.2 cm³/mol. The summed E-state index contributed by atoms with van der Waals surface area (Å²) in [6, 6.07) is 4.96. The van der Waals surface area contributed by atoms with Crippen molar-refractivity contribution in [2.24, 2.45) is 4.52 Å². The highest BCUT2D eigenvalue weighted by molar-refractivity contribution is 7.90. The van der Waals surface area contributed by atoms with E-state index in [1.165, 1.54) is 6.07 Å². The number of hydrogen-bond acceptors (Lipinski definition) is 2. The Hall–Kier alpha value is -1.56. The molecule has 1 aromatic carbocycles. The van der Waals surface area contributed by atoms with E-state index in [0.717, 1.165) is 15.4 Å². The van der Waals surface area contributed by atoms with E-state index in [0.29, 0.717) is 12.0 Å². The molecule has 0 atom stereocenters. The highest BCUT2D eigenvalue weighted by Gasteiger charge is 2.17. The van der Waals surface area contributed by atoms with Crippen LogP contribution in [-0.2, 0) is 16.4 Å². The molecule has 0 unspecified atom stereocenters. The second kappa shape index (κ2) is 4.98. The third-order valence-corrected chi connectivity index (χ3v) is 4.30. The average molecular weight is 253 g/mol. The number of hydrogen-bond donors (Lipinski definition) is 0. The lowest BCUT2D eigenvalue weighted by atomic mass is 10.1. The van der Waals surface area contributed by atoms with Gasteiger partial charge in [0.25, 0.3) is 10.0 Å². The minimum absolute atomic E-state index is 0.0812. The van der Waals surface area contributed by atoms with Gasteiger partial charge >= 0.3 is 0 Å². The molecule has 0 amide bonds. The molecule has 16 heavy (non-hydrogen) atoms. The molecule has 0 radical (unpaired) electrons. The summed E-state index contributed by atoms with van der Waals surface area (Å²) in [6.07, 6.45) is 2.08. The van der Waals surface area contributed by atoms with E-state index in [1.807, 2.05) is 6.07 Å². The van der Waals surface area contributed by atoms with Crippen LogP contribution in [0.4, 0.5) is 0 Å². The Balaban J connectivity index is 3.50. The Morgan fingerprint density at radius 2 is 2.25 bits per heavy atom. The molecule has 5 nitrogen and oxygen atoms in total. The van der Waals surface area contributed by atoms with E-state index in [2.05, 4.69) is 16.0 Å². The number of rotatable bonds is 4. The third kappa shape index (κ3) is 2.51. The van der Waals surface area contributed by atoms with Gasteiger partial charge in [0.15, 0.2) is 0 Å². The van der Waals surface area contributed by atoms with Crippen LogP contribution in [0.25, 0.3) is 10.4 Å². The molecule has 0 saturated heterocycles. The summed E-state index contributed by atoms with van der Waals surface area (Å²) < 4.78 is 26.1. The first-order chi connectivity index (χ1) is 7.53. The van der Waals surface area contributed by atoms with Gasteiger partial charge in [-0.3, -0.25) is 0 Å². The normalized spacial score (nSPS) is 10.8. The Labute approximate surface area is 96.9 Å². The lowest BCUT2D eigenvalue weighted by Gasteiger charge is -2.08. The maximum Gasteiger partial charge on any atom is 0.264 e. The van der Waals surface area contributed by atoms with Crippen LogP contribution in [0.3, 0.4) is 0 Å². The maximum absolute atomic E-state index is 11.6. The first kappa shape index (κ1) is 12.5. The summed E-state index contributed by atoms with van der Waals surface area (Å²) in [6.45, 7) is 3.58. The zero-order valence-corrected chi connectivity index (χ0v) is 11.6. The summed E-state index contributed by atoms with van der Waals surface area (Å²) >= 11 is 0. The van der Waals surface area contributed by atoms with Gasteiger partial charge in [-0.25, -0.2) is 8.42 Å². The van der Waals surface area contributed by atoms with Crippen molar-refractivity contribution in [2.45, 2.75) is 11.3 Å². The number of nitrogens with zero attached hydrogens (tertiary/aromatic N) is 3. The summed E-state index contributed by atoms with van der Waals surface area (Å²) in [5, 5.41) is 0.967. The van der Waals surface area contributed by atoms with Crippen LogP contribution in [-0.4, -0.2) is 18.7 Å². The largest absolute Gasteiger partial charge is 0.264 e. The van der Waals surface area contributed by atoms with Gasteiger partial charge in [0, 0.05) is 19.7 Å². The molecular weight excluding hydrogens is 242 g/mol. The van der Waals surface area contributed by atoms with Gasteiger partial charge in [0.2, 0.25) is 0 Å². The van der Waals surface area contributed by atoms with E-state index < -0.39 is 10.0 Å². The highest BCUT2D eigenvalue weighted by atomic mass is 32.2. The molecule has 0 fully saturated rings. The Bertz CT molecular complexity index is 562. The van der Waals surface area contributed by atoms with Gasteiger partial charge in [-0.15, -0.1) is 6.58 Å². The Kier molecular flexibility index (Phi) is 3.89. The van der Waals surface area contributed by atoms with Crippen molar-refractivity contribution in [2.75, 3.05) is 0 Å². The van der Waals surface area contributed by atoms with Crippen molar-refractivity contribution in [3.05, 3.63) is 46.9 Å². The molecule has 1 aromatic rings.